The average molecular weight is 246 g/mol. The van der Waals surface area contributed by atoms with Crippen molar-refractivity contribution in [3.05, 3.63) is 39.4 Å². The molecule has 0 saturated heterocycles. The molecule has 1 aliphatic rings. The first kappa shape index (κ1) is 11.8. The summed E-state index contributed by atoms with van der Waals surface area (Å²) in [6.45, 7) is 0. The van der Waals surface area contributed by atoms with Gasteiger partial charge in [0.15, 0.2) is 0 Å². The Bertz CT molecular complexity index is 457. The lowest BCUT2D eigenvalue weighted by molar-refractivity contribution is -0.385. The van der Waals surface area contributed by atoms with Crippen LogP contribution in [0.2, 0.25) is 0 Å². The summed E-state index contributed by atoms with van der Waals surface area (Å²) in [5, 5.41) is 10.6. The number of alkyl halides is 3. The lowest BCUT2D eigenvalue weighted by atomic mass is 10.0. The Labute approximate surface area is 94.4 Å². The van der Waals surface area contributed by atoms with Crippen LogP contribution in [0.15, 0.2) is 18.2 Å². The van der Waals surface area contributed by atoms with Crippen molar-refractivity contribution in [3.63, 3.8) is 0 Å². The molecule has 4 nitrogen and oxygen atoms in total. The van der Waals surface area contributed by atoms with Gasteiger partial charge in [0, 0.05) is 17.7 Å². The lowest BCUT2D eigenvalue weighted by Gasteiger charge is -2.13. The topological polar surface area (TPSA) is 69.2 Å². The van der Waals surface area contributed by atoms with Crippen LogP contribution >= 0.6 is 0 Å². The van der Waals surface area contributed by atoms with E-state index in [1.807, 2.05) is 0 Å². The van der Waals surface area contributed by atoms with Crippen LogP contribution in [-0.2, 0) is 11.7 Å². The number of nitrogens with zero attached hydrogens (tertiary/aromatic N) is 1. The van der Waals surface area contributed by atoms with Gasteiger partial charge in [-0.1, -0.05) is 0 Å². The van der Waals surface area contributed by atoms with Gasteiger partial charge in [-0.3, -0.25) is 10.1 Å². The summed E-state index contributed by atoms with van der Waals surface area (Å²) < 4.78 is 37.7. The maximum atomic E-state index is 12.6. The second-order valence-electron chi connectivity index (χ2n) is 4.18. The zero-order chi connectivity index (χ0) is 12.8. The van der Waals surface area contributed by atoms with E-state index in [-0.39, 0.29) is 5.56 Å². The Morgan fingerprint density at radius 1 is 1.29 bits per heavy atom. The molecule has 0 amide bonds. The summed E-state index contributed by atoms with van der Waals surface area (Å²) in [7, 11) is 0. The normalized spacial score (nSPS) is 17.9. The summed E-state index contributed by atoms with van der Waals surface area (Å²) in [5.41, 5.74) is 3.50. The van der Waals surface area contributed by atoms with E-state index in [4.69, 9.17) is 5.73 Å². The zero-order valence-corrected chi connectivity index (χ0v) is 8.62. The molecule has 0 spiro atoms. The van der Waals surface area contributed by atoms with Gasteiger partial charge in [0.05, 0.1) is 10.5 Å². The fourth-order valence-electron chi connectivity index (χ4n) is 1.59. The number of nitrogens with two attached hydrogens (primary N) is 1. The molecular formula is C10H9F3N2O2. The minimum atomic E-state index is -4.61. The van der Waals surface area contributed by atoms with Crippen molar-refractivity contribution in [3.8, 4) is 0 Å². The highest BCUT2D eigenvalue weighted by Crippen LogP contribution is 2.45. The molecule has 1 aromatic carbocycles. The highest BCUT2D eigenvalue weighted by Gasteiger charge is 2.43. The molecule has 0 radical (unpaired) electrons. The van der Waals surface area contributed by atoms with Crippen molar-refractivity contribution in [1.82, 2.24) is 0 Å². The Balaban J connectivity index is 2.54. The van der Waals surface area contributed by atoms with Gasteiger partial charge < -0.3 is 5.73 Å². The largest absolute Gasteiger partial charge is 0.416 e. The van der Waals surface area contributed by atoms with Crippen molar-refractivity contribution in [1.29, 1.82) is 0 Å². The third-order valence-electron chi connectivity index (χ3n) is 2.82. The highest BCUT2D eigenvalue weighted by atomic mass is 19.4. The van der Waals surface area contributed by atoms with Crippen LogP contribution in [0.3, 0.4) is 0 Å². The minimum absolute atomic E-state index is 0.180. The van der Waals surface area contributed by atoms with Crippen LogP contribution in [0, 0.1) is 10.1 Å². The fraction of sp³-hybridized carbons (Fsp3) is 0.400. The monoisotopic (exact) mass is 246 g/mol. The van der Waals surface area contributed by atoms with Crippen LogP contribution < -0.4 is 5.73 Å². The van der Waals surface area contributed by atoms with Gasteiger partial charge in [-0.15, -0.1) is 0 Å². The molecule has 2 rings (SSSR count). The second-order valence-corrected chi connectivity index (χ2v) is 4.18. The summed E-state index contributed by atoms with van der Waals surface area (Å²) in [4.78, 5) is 9.73. The van der Waals surface area contributed by atoms with Gasteiger partial charge in [-0.2, -0.15) is 13.2 Å². The van der Waals surface area contributed by atoms with Gasteiger partial charge in [0.25, 0.3) is 5.69 Å². The maximum absolute atomic E-state index is 12.6. The molecule has 1 saturated carbocycles. The highest BCUT2D eigenvalue weighted by molar-refractivity contribution is 5.45. The smallest absolute Gasteiger partial charge is 0.321 e. The molecule has 0 aliphatic heterocycles. The van der Waals surface area contributed by atoms with E-state index >= 15 is 0 Å². The van der Waals surface area contributed by atoms with E-state index < -0.39 is 27.9 Å². The zero-order valence-electron chi connectivity index (χ0n) is 8.62. The first-order chi connectivity index (χ1) is 7.72. The Morgan fingerprint density at radius 2 is 1.88 bits per heavy atom. The number of rotatable bonds is 2. The molecule has 17 heavy (non-hydrogen) atoms. The maximum Gasteiger partial charge on any atom is 0.416 e. The molecule has 0 bridgehead atoms. The quantitative estimate of drug-likeness (QED) is 0.644. The molecule has 7 heteroatoms. The summed E-state index contributed by atoms with van der Waals surface area (Å²) in [6.07, 6.45) is -3.51. The summed E-state index contributed by atoms with van der Waals surface area (Å²) in [6, 6.07) is 2.53. The molecule has 0 heterocycles. The number of hydrogen-bond acceptors (Lipinski definition) is 3. The number of non-ortho nitro benzene ring substituents is 1. The van der Waals surface area contributed by atoms with Crippen LogP contribution in [0.5, 0.6) is 0 Å². The Morgan fingerprint density at radius 3 is 2.29 bits per heavy atom. The van der Waals surface area contributed by atoms with Gasteiger partial charge in [0.2, 0.25) is 0 Å². The fourth-order valence-corrected chi connectivity index (χ4v) is 1.59. The third kappa shape index (κ3) is 2.23. The van der Waals surface area contributed by atoms with Crippen LogP contribution in [0.1, 0.15) is 24.0 Å². The minimum Gasteiger partial charge on any atom is -0.321 e. The van der Waals surface area contributed by atoms with Gasteiger partial charge >= 0.3 is 6.18 Å². The number of halogens is 3. The molecule has 2 N–H and O–H groups in total. The van der Waals surface area contributed by atoms with Gasteiger partial charge in [0.1, 0.15) is 0 Å². The number of benzene rings is 1. The molecule has 92 valence electrons. The van der Waals surface area contributed by atoms with Crippen LogP contribution in [-0.4, -0.2) is 4.92 Å². The second kappa shape index (κ2) is 3.43. The van der Waals surface area contributed by atoms with E-state index in [9.17, 15) is 23.3 Å². The Kier molecular flexibility index (Phi) is 2.39. The molecule has 1 aromatic rings. The lowest BCUT2D eigenvalue weighted by Crippen LogP contribution is -2.20. The number of nitro benzene ring substituents is 1. The molecular weight excluding hydrogens is 237 g/mol. The van der Waals surface area contributed by atoms with E-state index in [0.717, 1.165) is 12.1 Å². The van der Waals surface area contributed by atoms with Crippen molar-refractivity contribution in [2.75, 3.05) is 0 Å². The third-order valence-corrected chi connectivity index (χ3v) is 2.82. The van der Waals surface area contributed by atoms with Crippen molar-refractivity contribution in [2.24, 2.45) is 5.73 Å². The molecule has 1 fully saturated rings. The van der Waals surface area contributed by atoms with Gasteiger partial charge in [-0.05, 0) is 24.5 Å². The van der Waals surface area contributed by atoms with Crippen molar-refractivity contribution in [2.45, 2.75) is 24.6 Å². The standard InChI is InChI=1S/C10H9F3N2O2/c11-10(12,13)7-3-6(9(14)1-2-9)4-8(5-7)15(16)17/h3-5H,1-2,14H2. The van der Waals surface area contributed by atoms with Crippen molar-refractivity contribution >= 4 is 5.69 Å². The molecule has 1 aliphatic carbocycles. The van der Waals surface area contributed by atoms with Crippen LogP contribution in [0.4, 0.5) is 18.9 Å². The van der Waals surface area contributed by atoms with Crippen molar-refractivity contribution < 1.29 is 18.1 Å². The Hall–Kier alpha value is -1.63. The predicted octanol–water partition coefficient (Wildman–Crippen LogP) is 2.56. The van der Waals surface area contributed by atoms with E-state index in [1.165, 1.54) is 0 Å². The first-order valence-corrected chi connectivity index (χ1v) is 4.88. The summed E-state index contributed by atoms with van der Waals surface area (Å²) in [5.74, 6) is 0. The number of nitro groups is 1. The SMILES string of the molecule is NC1(c2cc([N+](=O)[O-])cc(C(F)(F)F)c2)CC1. The predicted molar refractivity (Wildman–Crippen MR) is 53.2 cm³/mol. The summed E-state index contributed by atoms with van der Waals surface area (Å²) >= 11 is 0. The van der Waals surface area contributed by atoms with Crippen LogP contribution in [0.25, 0.3) is 0 Å². The number of hydrogen-bond donors (Lipinski definition) is 1. The first-order valence-electron chi connectivity index (χ1n) is 4.88. The average Bonchev–Trinajstić information content (AvgIpc) is 2.96. The van der Waals surface area contributed by atoms with Gasteiger partial charge in [-0.25, -0.2) is 0 Å². The molecule has 0 atom stereocenters. The van der Waals surface area contributed by atoms with E-state index in [0.29, 0.717) is 18.9 Å². The van der Waals surface area contributed by atoms with E-state index in [2.05, 4.69) is 0 Å². The molecule has 0 unspecified atom stereocenters. The molecule has 0 aromatic heterocycles. The van der Waals surface area contributed by atoms with E-state index in [1.54, 1.807) is 0 Å².